The van der Waals surface area contributed by atoms with Crippen molar-refractivity contribution in [3.8, 4) is 0 Å². The maximum atomic E-state index is 12.0. The number of carboxylic acid groups (broad SMARTS) is 1. The van der Waals surface area contributed by atoms with Crippen LogP contribution in [0.1, 0.15) is 39.3 Å². The van der Waals surface area contributed by atoms with Gasteiger partial charge in [0.15, 0.2) is 6.04 Å². The summed E-state index contributed by atoms with van der Waals surface area (Å²) in [6.45, 7) is 7.83. The van der Waals surface area contributed by atoms with Crippen LogP contribution in [0, 0.1) is 5.41 Å². The zero-order chi connectivity index (χ0) is 16.2. The molecule has 0 aliphatic carbocycles. The number of aliphatic carboxylic acids is 1. The number of carbonyl (C=O) groups excluding carboxylic acids is 1. The van der Waals surface area contributed by atoms with Crippen LogP contribution in [0.4, 0.5) is 4.79 Å². The Morgan fingerprint density at radius 3 is 2.24 bits per heavy atom. The second-order valence-electron chi connectivity index (χ2n) is 6.00. The van der Waals surface area contributed by atoms with Crippen LogP contribution in [-0.4, -0.2) is 23.1 Å². The molecule has 2 atom stereocenters. The summed E-state index contributed by atoms with van der Waals surface area (Å²) in [5, 5.41) is 14.8. The van der Waals surface area contributed by atoms with Gasteiger partial charge >= 0.3 is 12.0 Å². The summed E-state index contributed by atoms with van der Waals surface area (Å²) in [5.41, 5.74) is 0.228. The third-order valence-corrected chi connectivity index (χ3v) is 3.73. The second-order valence-corrected chi connectivity index (χ2v) is 6.41. The molecule has 0 aromatic heterocycles. The predicted octanol–water partition coefficient (Wildman–Crippen LogP) is 3.20. The summed E-state index contributed by atoms with van der Waals surface area (Å²) in [4.78, 5) is 23.3. The Morgan fingerprint density at radius 1 is 1.19 bits per heavy atom. The molecule has 0 fully saturated rings. The lowest BCUT2D eigenvalue weighted by Crippen LogP contribution is -2.48. The lowest BCUT2D eigenvalue weighted by Gasteiger charge is -2.28. The quantitative estimate of drug-likeness (QED) is 0.799. The minimum atomic E-state index is -1.19. The minimum absolute atomic E-state index is 0.113. The summed E-state index contributed by atoms with van der Waals surface area (Å²) in [6, 6.07) is 4.70. The van der Waals surface area contributed by atoms with Crippen LogP contribution in [0.5, 0.6) is 0 Å². The maximum Gasteiger partial charge on any atom is 0.331 e. The first-order valence-electron chi connectivity index (χ1n) is 6.67. The molecule has 1 rings (SSSR count). The molecule has 0 aliphatic heterocycles. The molecule has 5 nitrogen and oxygen atoms in total. The van der Waals surface area contributed by atoms with Gasteiger partial charge in [-0.3, -0.25) is 0 Å². The van der Waals surface area contributed by atoms with Crippen LogP contribution >= 0.6 is 11.6 Å². The largest absolute Gasteiger partial charge is 0.479 e. The molecule has 0 aliphatic rings. The number of carboxylic acids is 1. The standard InChI is InChI=1S/C15H21ClN2O3/c1-9(15(2,3)4)17-14(21)18-12(13(19)20)10-7-5-6-8-11(10)16/h5-9,12H,1-4H3,(H,19,20)(H2,17,18,21)/t9?,12-/m1/s1. The van der Waals surface area contributed by atoms with Gasteiger partial charge in [0.1, 0.15) is 0 Å². The third-order valence-electron chi connectivity index (χ3n) is 3.39. The molecule has 1 aromatic carbocycles. The van der Waals surface area contributed by atoms with E-state index >= 15 is 0 Å². The van der Waals surface area contributed by atoms with Gasteiger partial charge in [-0.15, -0.1) is 0 Å². The molecule has 21 heavy (non-hydrogen) atoms. The predicted molar refractivity (Wildman–Crippen MR) is 82.4 cm³/mol. The van der Waals surface area contributed by atoms with Crippen LogP contribution in [0.15, 0.2) is 24.3 Å². The Kier molecular flexibility index (Phi) is 5.61. The van der Waals surface area contributed by atoms with Crippen molar-refractivity contribution < 1.29 is 14.7 Å². The zero-order valence-corrected chi connectivity index (χ0v) is 13.4. The molecule has 0 saturated carbocycles. The van der Waals surface area contributed by atoms with Gasteiger partial charge in [-0.05, 0) is 18.4 Å². The minimum Gasteiger partial charge on any atom is -0.479 e. The normalized spacial score (nSPS) is 14.1. The molecule has 3 N–H and O–H groups in total. The third kappa shape index (κ3) is 4.93. The van der Waals surface area contributed by atoms with E-state index in [0.29, 0.717) is 10.6 Å². The first-order valence-corrected chi connectivity index (χ1v) is 7.05. The van der Waals surface area contributed by atoms with Gasteiger partial charge < -0.3 is 15.7 Å². The van der Waals surface area contributed by atoms with E-state index in [1.54, 1.807) is 24.3 Å². The van der Waals surface area contributed by atoms with Crippen molar-refractivity contribution in [2.75, 3.05) is 0 Å². The summed E-state index contributed by atoms with van der Waals surface area (Å²) in [6.07, 6.45) is 0. The number of carbonyl (C=O) groups is 2. The van der Waals surface area contributed by atoms with Gasteiger partial charge in [0.05, 0.1) is 0 Å². The summed E-state index contributed by atoms with van der Waals surface area (Å²) >= 11 is 5.99. The van der Waals surface area contributed by atoms with E-state index < -0.39 is 18.0 Å². The SMILES string of the molecule is CC(NC(=O)N[C@@H](C(=O)O)c1ccccc1Cl)C(C)(C)C. The van der Waals surface area contributed by atoms with E-state index in [2.05, 4.69) is 10.6 Å². The molecule has 0 saturated heterocycles. The molecular formula is C15H21ClN2O3. The first-order chi connectivity index (χ1) is 9.62. The van der Waals surface area contributed by atoms with Crippen LogP contribution in [0.3, 0.4) is 0 Å². The fourth-order valence-electron chi connectivity index (χ4n) is 1.57. The van der Waals surface area contributed by atoms with E-state index in [0.717, 1.165) is 0 Å². The molecule has 2 amide bonds. The number of urea groups is 1. The Labute approximate surface area is 129 Å². The number of halogens is 1. The smallest absolute Gasteiger partial charge is 0.331 e. The topological polar surface area (TPSA) is 78.4 Å². The average Bonchev–Trinajstić information content (AvgIpc) is 2.35. The van der Waals surface area contributed by atoms with Gasteiger partial charge in [-0.1, -0.05) is 50.6 Å². The zero-order valence-electron chi connectivity index (χ0n) is 12.6. The summed E-state index contributed by atoms with van der Waals surface area (Å²) < 4.78 is 0. The van der Waals surface area contributed by atoms with Crippen LogP contribution in [-0.2, 0) is 4.79 Å². The summed E-state index contributed by atoms with van der Waals surface area (Å²) in [5.74, 6) is -1.17. The van der Waals surface area contributed by atoms with Crippen molar-refractivity contribution >= 4 is 23.6 Å². The summed E-state index contributed by atoms with van der Waals surface area (Å²) in [7, 11) is 0. The first kappa shape index (κ1) is 17.3. The van der Waals surface area contributed by atoms with Crippen LogP contribution in [0.2, 0.25) is 5.02 Å². The lowest BCUT2D eigenvalue weighted by molar-refractivity contribution is -0.139. The molecule has 116 valence electrons. The van der Waals surface area contributed by atoms with Gasteiger partial charge in [0.25, 0.3) is 0 Å². The van der Waals surface area contributed by atoms with Crippen LogP contribution < -0.4 is 10.6 Å². The number of rotatable bonds is 4. The van der Waals surface area contributed by atoms with Crippen molar-refractivity contribution in [1.29, 1.82) is 0 Å². The van der Waals surface area contributed by atoms with E-state index in [4.69, 9.17) is 11.6 Å². The number of nitrogens with one attached hydrogen (secondary N) is 2. The maximum absolute atomic E-state index is 12.0. The Bertz CT molecular complexity index is 526. The highest BCUT2D eigenvalue weighted by molar-refractivity contribution is 6.31. The van der Waals surface area contributed by atoms with Crippen molar-refractivity contribution in [2.45, 2.75) is 39.8 Å². The number of benzene rings is 1. The monoisotopic (exact) mass is 312 g/mol. The van der Waals surface area contributed by atoms with Crippen molar-refractivity contribution in [1.82, 2.24) is 10.6 Å². The molecule has 0 heterocycles. The fraction of sp³-hybridized carbons (Fsp3) is 0.467. The molecule has 0 spiro atoms. The fourth-order valence-corrected chi connectivity index (χ4v) is 1.81. The molecule has 1 aromatic rings. The molecular weight excluding hydrogens is 292 g/mol. The van der Waals surface area contributed by atoms with Crippen molar-refractivity contribution in [3.05, 3.63) is 34.9 Å². The van der Waals surface area contributed by atoms with E-state index in [1.807, 2.05) is 27.7 Å². The number of hydrogen-bond acceptors (Lipinski definition) is 2. The highest BCUT2D eigenvalue weighted by Gasteiger charge is 2.27. The second kappa shape index (κ2) is 6.80. The number of hydrogen-bond donors (Lipinski definition) is 3. The van der Waals surface area contributed by atoms with Gasteiger partial charge in [0, 0.05) is 16.6 Å². The molecule has 0 bridgehead atoms. The van der Waals surface area contributed by atoms with Gasteiger partial charge in [0.2, 0.25) is 0 Å². The van der Waals surface area contributed by atoms with Crippen molar-refractivity contribution in [2.24, 2.45) is 5.41 Å². The Morgan fingerprint density at radius 2 is 1.76 bits per heavy atom. The Balaban J connectivity index is 2.84. The highest BCUT2D eigenvalue weighted by atomic mass is 35.5. The molecule has 1 unspecified atom stereocenters. The van der Waals surface area contributed by atoms with Crippen molar-refractivity contribution in [3.63, 3.8) is 0 Å². The van der Waals surface area contributed by atoms with Crippen LogP contribution in [0.25, 0.3) is 0 Å². The van der Waals surface area contributed by atoms with Gasteiger partial charge in [-0.25, -0.2) is 9.59 Å². The van der Waals surface area contributed by atoms with Gasteiger partial charge in [-0.2, -0.15) is 0 Å². The average molecular weight is 313 g/mol. The Hall–Kier alpha value is -1.75. The molecule has 0 radical (unpaired) electrons. The molecule has 6 heteroatoms. The lowest BCUT2D eigenvalue weighted by atomic mass is 9.88. The van der Waals surface area contributed by atoms with E-state index in [-0.39, 0.29) is 11.5 Å². The number of amides is 2. The van der Waals surface area contributed by atoms with E-state index in [1.165, 1.54) is 0 Å². The highest BCUT2D eigenvalue weighted by Crippen LogP contribution is 2.23. The van der Waals surface area contributed by atoms with E-state index in [9.17, 15) is 14.7 Å².